The lowest BCUT2D eigenvalue weighted by atomic mass is 10.00. The van der Waals surface area contributed by atoms with Gasteiger partial charge in [0.2, 0.25) is 0 Å². The standard InChI is InChI=1S/C15H23N3/c1-4-14-13(10(2)3)5-6-15(17-14)18-9-11-7-12(18)8-16-11/h5-6,10-12,16H,4,7-9H2,1-3H3/t11-,12-/m1/s1. The summed E-state index contributed by atoms with van der Waals surface area (Å²) >= 11 is 0. The highest BCUT2D eigenvalue weighted by Gasteiger charge is 2.38. The van der Waals surface area contributed by atoms with Crippen LogP contribution < -0.4 is 10.2 Å². The van der Waals surface area contributed by atoms with E-state index >= 15 is 0 Å². The molecule has 1 aromatic heterocycles. The van der Waals surface area contributed by atoms with Crippen LogP contribution >= 0.6 is 0 Å². The molecule has 18 heavy (non-hydrogen) atoms. The van der Waals surface area contributed by atoms with E-state index < -0.39 is 0 Å². The highest BCUT2D eigenvalue weighted by atomic mass is 15.3. The van der Waals surface area contributed by atoms with Crippen LogP contribution in [0.25, 0.3) is 0 Å². The first-order valence-corrected chi connectivity index (χ1v) is 7.19. The quantitative estimate of drug-likeness (QED) is 0.886. The second kappa shape index (κ2) is 4.54. The zero-order valence-corrected chi connectivity index (χ0v) is 11.6. The van der Waals surface area contributed by atoms with E-state index in [1.807, 2.05) is 0 Å². The lowest BCUT2D eigenvalue weighted by Crippen LogP contribution is -2.44. The van der Waals surface area contributed by atoms with Crippen molar-refractivity contribution in [2.24, 2.45) is 0 Å². The van der Waals surface area contributed by atoms with Crippen LogP contribution in [-0.4, -0.2) is 30.2 Å². The van der Waals surface area contributed by atoms with E-state index in [2.05, 4.69) is 43.1 Å². The van der Waals surface area contributed by atoms with Crippen molar-refractivity contribution in [3.05, 3.63) is 23.4 Å². The number of rotatable bonds is 3. The molecule has 2 saturated heterocycles. The molecule has 0 radical (unpaired) electrons. The fourth-order valence-corrected chi connectivity index (χ4v) is 3.31. The average molecular weight is 245 g/mol. The third-order valence-electron chi connectivity index (χ3n) is 4.30. The Morgan fingerprint density at radius 3 is 2.83 bits per heavy atom. The van der Waals surface area contributed by atoms with Gasteiger partial charge in [0.1, 0.15) is 5.82 Å². The van der Waals surface area contributed by atoms with E-state index in [1.165, 1.54) is 23.5 Å². The third kappa shape index (κ3) is 1.91. The topological polar surface area (TPSA) is 28.2 Å². The molecule has 0 amide bonds. The summed E-state index contributed by atoms with van der Waals surface area (Å²) in [7, 11) is 0. The monoisotopic (exact) mass is 245 g/mol. The molecular formula is C15H23N3. The fourth-order valence-electron chi connectivity index (χ4n) is 3.31. The van der Waals surface area contributed by atoms with Crippen molar-refractivity contribution < 1.29 is 0 Å². The van der Waals surface area contributed by atoms with Gasteiger partial charge < -0.3 is 10.2 Å². The number of hydrogen-bond acceptors (Lipinski definition) is 3. The molecule has 98 valence electrons. The molecule has 3 nitrogen and oxygen atoms in total. The SMILES string of the molecule is CCc1nc(N2C[C@H]3C[C@@H]2CN3)ccc1C(C)C. The molecule has 2 fully saturated rings. The number of aromatic nitrogens is 1. The van der Waals surface area contributed by atoms with Crippen LogP contribution in [0.1, 0.15) is 44.4 Å². The lowest BCUT2D eigenvalue weighted by Gasteiger charge is -2.29. The van der Waals surface area contributed by atoms with Crippen LogP contribution in [-0.2, 0) is 6.42 Å². The normalized spacial score (nSPS) is 26.3. The predicted octanol–water partition coefficient (Wildman–Crippen LogP) is 2.32. The van der Waals surface area contributed by atoms with Crippen molar-refractivity contribution in [2.75, 3.05) is 18.0 Å². The van der Waals surface area contributed by atoms with Crippen LogP contribution in [0.4, 0.5) is 5.82 Å². The van der Waals surface area contributed by atoms with E-state index in [1.54, 1.807) is 0 Å². The van der Waals surface area contributed by atoms with Crippen LogP contribution in [0, 0.1) is 0 Å². The summed E-state index contributed by atoms with van der Waals surface area (Å²) < 4.78 is 0. The molecule has 3 heteroatoms. The molecule has 1 N–H and O–H groups in total. The van der Waals surface area contributed by atoms with Crippen molar-refractivity contribution in [1.29, 1.82) is 0 Å². The molecule has 1 aromatic rings. The van der Waals surface area contributed by atoms with Gasteiger partial charge in [-0.15, -0.1) is 0 Å². The zero-order valence-electron chi connectivity index (χ0n) is 11.6. The summed E-state index contributed by atoms with van der Waals surface area (Å²) in [4.78, 5) is 7.40. The van der Waals surface area contributed by atoms with Gasteiger partial charge in [-0.1, -0.05) is 26.8 Å². The summed E-state index contributed by atoms with van der Waals surface area (Å²) in [5, 5.41) is 3.54. The first-order chi connectivity index (χ1) is 8.69. The molecular weight excluding hydrogens is 222 g/mol. The number of nitrogens with zero attached hydrogens (tertiary/aromatic N) is 2. The summed E-state index contributed by atoms with van der Waals surface area (Å²) in [5.74, 6) is 1.75. The first kappa shape index (κ1) is 12.0. The van der Waals surface area contributed by atoms with Gasteiger partial charge in [-0.25, -0.2) is 4.98 Å². The van der Waals surface area contributed by atoms with Gasteiger partial charge in [-0.2, -0.15) is 0 Å². The third-order valence-corrected chi connectivity index (χ3v) is 4.30. The molecule has 0 aliphatic carbocycles. The maximum absolute atomic E-state index is 4.91. The molecule has 2 aliphatic heterocycles. The number of pyridine rings is 1. The van der Waals surface area contributed by atoms with Crippen LogP contribution in [0.3, 0.4) is 0 Å². The Morgan fingerprint density at radius 2 is 2.28 bits per heavy atom. The molecule has 3 heterocycles. The van der Waals surface area contributed by atoms with Crippen LogP contribution in [0.2, 0.25) is 0 Å². The van der Waals surface area contributed by atoms with E-state index in [-0.39, 0.29) is 0 Å². The molecule has 2 aliphatic rings. The Labute approximate surface area is 110 Å². The zero-order chi connectivity index (χ0) is 12.7. The van der Waals surface area contributed by atoms with Gasteiger partial charge in [-0.3, -0.25) is 0 Å². The van der Waals surface area contributed by atoms with E-state index in [0.29, 0.717) is 18.0 Å². The summed E-state index contributed by atoms with van der Waals surface area (Å²) in [5.41, 5.74) is 2.68. The molecule has 0 unspecified atom stereocenters. The molecule has 0 spiro atoms. The largest absolute Gasteiger partial charge is 0.351 e. The number of nitrogens with one attached hydrogen (secondary N) is 1. The number of hydrogen-bond donors (Lipinski definition) is 1. The fraction of sp³-hybridized carbons (Fsp3) is 0.667. The lowest BCUT2D eigenvalue weighted by molar-refractivity contribution is 0.575. The van der Waals surface area contributed by atoms with E-state index in [9.17, 15) is 0 Å². The molecule has 3 rings (SSSR count). The van der Waals surface area contributed by atoms with Crippen molar-refractivity contribution in [3.8, 4) is 0 Å². The summed E-state index contributed by atoms with van der Waals surface area (Å²) in [6.45, 7) is 8.95. The van der Waals surface area contributed by atoms with Crippen molar-refractivity contribution >= 4 is 5.82 Å². The molecule has 2 bridgehead atoms. The van der Waals surface area contributed by atoms with E-state index in [0.717, 1.165) is 19.5 Å². The summed E-state index contributed by atoms with van der Waals surface area (Å²) in [6.07, 6.45) is 2.32. The van der Waals surface area contributed by atoms with Crippen molar-refractivity contribution in [3.63, 3.8) is 0 Å². The number of aryl methyl sites for hydroxylation is 1. The smallest absolute Gasteiger partial charge is 0.129 e. The molecule has 0 aromatic carbocycles. The number of anilines is 1. The molecule has 2 atom stereocenters. The average Bonchev–Trinajstić information content (AvgIpc) is 3.00. The van der Waals surface area contributed by atoms with Crippen LogP contribution in [0.15, 0.2) is 12.1 Å². The first-order valence-electron chi connectivity index (χ1n) is 7.19. The maximum atomic E-state index is 4.91. The maximum Gasteiger partial charge on any atom is 0.129 e. The van der Waals surface area contributed by atoms with Crippen LogP contribution in [0.5, 0.6) is 0 Å². The Balaban J connectivity index is 1.89. The Hall–Kier alpha value is -1.09. The van der Waals surface area contributed by atoms with Crippen molar-refractivity contribution in [2.45, 2.75) is 51.6 Å². The van der Waals surface area contributed by atoms with Gasteiger partial charge in [0.15, 0.2) is 0 Å². The van der Waals surface area contributed by atoms with Gasteiger partial charge in [-0.05, 0) is 30.4 Å². The Bertz CT molecular complexity index is 441. The second-order valence-electron chi connectivity index (χ2n) is 5.86. The summed E-state index contributed by atoms with van der Waals surface area (Å²) in [6, 6.07) is 5.85. The highest BCUT2D eigenvalue weighted by molar-refractivity contribution is 5.46. The van der Waals surface area contributed by atoms with Crippen molar-refractivity contribution in [1.82, 2.24) is 10.3 Å². The molecule has 0 saturated carbocycles. The number of fused-ring (bicyclic) bond motifs is 2. The minimum atomic E-state index is 0.568. The minimum absolute atomic E-state index is 0.568. The Kier molecular flexibility index (Phi) is 3.02. The van der Waals surface area contributed by atoms with Gasteiger partial charge in [0, 0.05) is 30.9 Å². The highest BCUT2D eigenvalue weighted by Crippen LogP contribution is 2.30. The predicted molar refractivity (Wildman–Crippen MR) is 75.2 cm³/mol. The second-order valence-corrected chi connectivity index (χ2v) is 5.86. The Morgan fingerprint density at radius 1 is 1.44 bits per heavy atom. The minimum Gasteiger partial charge on any atom is -0.351 e. The number of piperazine rings is 1. The van der Waals surface area contributed by atoms with E-state index in [4.69, 9.17) is 4.98 Å². The van der Waals surface area contributed by atoms with Gasteiger partial charge in [0.25, 0.3) is 0 Å². The van der Waals surface area contributed by atoms with Gasteiger partial charge >= 0.3 is 0 Å². The van der Waals surface area contributed by atoms with Gasteiger partial charge in [0.05, 0.1) is 0 Å².